The van der Waals surface area contributed by atoms with Gasteiger partial charge in [-0.15, -0.1) is 0 Å². The van der Waals surface area contributed by atoms with Gasteiger partial charge in [0.2, 0.25) is 0 Å². The van der Waals surface area contributed by atoms with Crippen molar-refractivity contribution in [3.63, 3.8) is 0 Å². The maximum absolute atomic E-state index is 9.34. The molecule has 0 saturated heterocycles. The van der Waals surface area contributed by atoms with Crippen molar-refractivity contribution in [1.82, 2.24) is 4.98 Å². The van der Waals surface area contributed by atoms with Crippen molar-refractivity contribution in [3.05, 3.63) is 35.7 Å². The molecule has 0 bridgehead atoms. The van der Waals surface area contributed by atoms with Gasteiger partial charge >= 0.3 is 0 Å². The smallest absolute Gasteiger partial charge is 0.0461 e. The van der Waals surface area contributed by atoms with Gasteiger partial charge in [-0.1, -0.05) is 86.4 Å². The van der Waals surface area contributed by atoms with E-state index in [9.17, 15) is 5.11 Å². The summed E-state index contributed by atoms with van der Waals surface area (Å²) in [5, 5.41) is 9.34. The van der Waals surface area contributed by atoms with E-state index in [1.165, 1.54) is 57.8 Å². The molecule has 0 amide bonds. The minimum Gasteiger partial charge on any atom is -0.396 e. The summed E-state index contributed by atoms with van der Waals surface area (Å²) in [5.41, 5.74) is 2.22. The number of aliphatic hydroxyl groups excluding tert-OH is 1. The van der Waals surface area contributed by atoms with Crippen molar-refractivity contribution in [1.29, 1.82) is 0 Å². The highest BCUT2D eigenvalue weighted by atomic mass is 79.9. The lowest BCUT2D eigenvalue weighted by Crippen LogP contribution is -2.15. The number of rotatable bonds is 8. The molecule has 142 valence electrons. The molecule has 1 aromatic heterocycles. The summed E-state index contributed by atoms with van der Waals surface area (Å²) < 4.78 is 1.10. The lowest BCUT2D eigenvalue weighted by atomic mass is 9.87. The fraction of sp³-hybridized carbons (Fsp3) is 0.682. The maximum atomic E-state index is 9.34. The Kier molecular flexibility index (Phi) is 12.1. The van der Waals surface area contributed by atoms with Gasteiger partial charge in [-0.2, -0.15) is 0 Å². The Morgan fingerprint density at radius 3 is 2.60 bits per heavy atom. The number of halogens is 1. The Balaban J connectivity index is 0.000000257. The first-order valence-electron chi connectivity index (χ1n) is 9.98. The minimum atomic E-state index is 0.427. The fourth-order valence-corrected chi connectivity index (χ4v) is 4.05. The summed E-state index contributed by atoms with van der Waals surface area (Å²) in [7, 11) is 0. The van der Waals surface area contributed by atoms with Crippen LogP contribution >= 0.6 is 15.9 Å². The van der Waals surface area contributed by atoms with Crippen LogP contribution in [0.5, 0.6) is 0 Å². The molecule has 2 nitrogen and oxygen atoms in total. The van der Waals surface area contributed by atoms with Crippen LogP contribution < -0.4 is 0 Å². The number of unbranched alkanes of at least 4 members (excludes halogenated alkanes) is 3. The van der Waals surface area contributed by atoms with E-state index in [2.05, 4.69) is 27.8 Å². The molecule has 1 aliphatic carbocycles. The van der Waals surface area contributed by atoms with Gasteiger partial charge in [-0.25, -0.2) is 0 Å². The Morgan fingerprint density at radius 2 is 2.04 bits per heavy atom. The summed E-state index contributed by atoms with van der Waals surface area (Å²) in [6, 6.07) is 3.99. The van der Waals surface area contributed by atoms with Gasteiger partial charge in [0, 0.05) is 28.5 Å². The Morgan fingerprint density at radius 1 is 1.32 bits per heavy atom. The largest absolute Gasteiger partial charge is 0.396 e. The second kappa shape index (κ2) is 13.5. The van der Waals surface area contributed by atoms with Gasteiger partial charge in [0.1, 0.15) is 0 Å². The molecule has 2 rings (SSSR count). The van der Waals surface area contributed by atoms with Gasteiger partial charge in [0.25, 0.3) is 0 Å². The third-order valence-corrected chi connectivity index (χ3v) is 6.13. The summed E-state index contributed by atoms with van der Waals surface area (Å²) in [5.74, 6) is 1.47. The quantitative estimate of drug-likeness (QED) is 0.473. The summed E-state index contributed by atoms with van der Waals surface area (Å²) >= 11 is 3.46. The molecule has 1 aromatic rings. The molecular formula is C22H36BrNO. The molecule has 1 aliphatic rings. The molecule has 0 aromatic carbocycles. The number of allylic oxidation sites excluding steroid dienone is 1. The molecular weight excluding hydrogens is 374 g/mol. The number of hydrogen-bond donors (Lipinski definition) is 1. The molecule has 1 fully saturated rings. The third kappa shape index (κ3) is 8.50. The van der Waals surface area contributed by atoms with Gasteiger partial charge in [-0.3, -0.25) is 4.98 Å². The molecule has 25 heavy (non-hydrogen) atoms. The highest BCUT2D eigenvalue weighted by molar-refractivity contribution is 9.15. The number of aliphatic hydroxyl groups is 1. The monoisotopic (exact) mass is 409 g/mol. The van der Waals surface area contributed by atoms with Gasteiger partial charge in [-0.05, 0) is 38.2 Å². The molecule has 1 atom stereocenters. The summed E-state index contributed by atoms with van der Waals surface area (Å²) in [4.78, 5) is 4.18. The average Bonchev–Trinajstić information content (AvgIpc) is 3.16. The molecule has 0 radical (unpaired) electrons. The van der Waals surface area contributed by atoms with Crippen molar-refractivity contribution in [2.24, 2.45) is 11.8 Å². The molecule has 1 saturated carbocycles. The number of aromatic nitrogens is 1. The Bertz CT molecular complexity index is 495. The van der Waals surface area contributed by atoms with Crippen LogP contribution in [0, 0.1) is 18.8 Å². The normalized spacial score (nSPS) is 16.4. The summed E-state index contributed by atoms with van der Waals surface area (Å²) in [6.45, 7) is 6.67. The van der Waals surface area contributed by atoms with E-state index in [1.54, 1.807) is 6.20 Å². The van der Waals surface area contributed by atoms with Crippen molar-refractivity contribution in [2.75, 3.05) is 6.61 Å². The van der Waals surface area contributed by atoms with E-state index in [-0.39, 0.29) is 0 Å². The van der Waals surface area contributed by atoms with E-state index in [1.807, 2.05) is 32.1 Å². The SMILES string of the molecule is C/C=C(/Br)c1cccnc1C.CCCCCCC(CO)C1CCCC1. The van der Waals surface area contributed by atoms with Crippen LogP contribution in [0.3, 0.4) is 0 Å². The predicted octanol–water partition coefficient (Wildman–Crippen LogP) is 6.90. The van der Waals surface area contributed by atoms with Crippen LogP contribution in [-0.4, -0.2) is 16.7 Å². The van der Waals surface area contributed by atoms with Gasteiger partial charge in [0.05, 0.1) is 0 Å². The van der Waals surface area contributed by atoms with Crippen LogP contribution in [0.2, 0.25) is 0 Å². The second-order valence-electron chi connectivity index (χ2n) is 7.11. The Hall–Kier alpha value is -0.670. The molecule has 1 unspecified atom stereocenters. The zero-order valence-corrected chi connectivity index (χ0v) is 17.9. The second-order valence-corrected chi connectivity index (χ2v) is 7.96. The van der Waals surface area contributed by atoms with Crippen molar-refractivity contribution < 1.29 is 5.11 Å². The van der Waals surface area contributed by atoms with Crippen LogP contribution in [0.15, 0.2) is 24.4 Å². The topological polar surface area (TPSA) is 33.1 Å². The van der Waals surface area contributed by atoms with Crippen LogP contribution in [-0.2, 0) is 0 Å². The van der Waals surface area contributed by atoms with E-state index in [0.29, 0.717) is 12.5 Å². The van der Waals surface area contributed by atoms with Crippen molar-refractivity contribution in [3.8, 4) is 0 Å². The average molecular weight is 410 g/mol. The first-order valence-corrected chi connectivity index (χ1v) is 10.8. The molecule has 3 heteroatoms. The van der Waals surface area contributed by atoms with Crippen molar-refractivity contribution >= 4 is 20.4 Å². The standard InChI is InChI=1S/C13H26O.C9H10BrN/c1-2-3-4-5-10-13(11-14)12-8-6-7-9-12;1-3-9(10)8-5-4-6-11-7(8)2/h12-14H,2-11H2,1H3;3-6H,1-2H3/b;9-3+. The highest BCUT2D eigenvalue weighted by Gasteiger charge is 2.23. The minimum absolute atomic E-state index is 0.427. The van der Waals surface area contributed by atoms with E-state index in [0.717, 1.165) is 21.7 Å². The number of aryl methyl sites for hydroxylation is 1. The third-order valence-electron chi connectivity index (χ3n) is 5.25. The first kappa shape index (κ1) is 22.4. The lowest BCUT2D eigenvalue weighted by molar-refractivity contribution is 0.165. The molecule has 0 spiro atoms. The van der Waals surface area contributed by atoms with Crippen LogP contribution in [0.1, 0.15) is 82.9 Å². The van der Waals surface area contributed by atoms with Gasteiger partial charge < -0.3 is 5.11 Å². The number of hydrogen-bond acceptors (Lipinski definition) is 2. The van der Waals surface area contributed by atoms with E-state index >= 15 is 0 Å². The zero-order valence-electron chi connectivity index (χ0n) is 16.3. The number of pyridine rings is 1. The highest BCUT2D eigenvalue weighted by Crippen LogP contribution is 2.33. The van der Waals surface area contributed by atoms with Crippen LogP contribution in [0.4, 0.5) is 0 Å². The maximum Gasteiger partial charge on any atom is 0.0461 e. The summed E-state index contributed by atoms with van der Waals surface area (Å²) in [6.07, 6.45) is 16.0. The first-order chi connectivity index (χ1) is 12.1. The lowest BCUT2D eigenvalue weighted by Gasteiger charge is -2.20. The predicted molar refractivity (Wildman–Crippen MR) is 113 cm³/mol. The fourth-order valence-electron chi connectivity index (χ4n) is 3.63. The zero-order chi connectivity index (χ0) is 18.5. The van der Waals surface area contributed by atoms with Crippen molar-refractivity contribution in [2.45, 2.75) is 78.6 Å². The van der Waals surface area contributed by atoms with Gasteiger partial charge in [0.15, 0.2) is 0 Å². The Labute approximate surface area is 163 Å². The number of nitrogens with zero attached hydrogens (tertiary/aromatic N) is 1. The van der Waals surface area contributed by atoms with E-state index < -0.39 is 0 Å². The molecule has 0 aliphatic heterocycles. The van der Waals surface area contributed by atoms with Crippen LogP contribution in [0.25, 0.3) is 4.48 Å². The molecule has 1 heterocycles. The van der Waals surface area contributed by atoms with E-state index in [4.69, 9.17) is 0 Å². The molecule has 1 N–H and O–H groups in total.